The maximum Gasteiger partial charge on any atom is 0.259 e. The van der Waals surface area contributed by atoms with Crippen molar-refractivity contribution in [2.45, 2.75) is 46.7 Å². The molecule has 0 bridgehead atoms. The Morgan fingerprint density at radius 2 is 1.79 bits per heavy atom. The highest BCUT2D eigenvalue weighted by molar-refractivity contribution is 7.10. The second-order valence-corrected chi connectivity index (χ2v) is 8.72. The quantitative estimate of drug-likeness (QED) is 0.766. The van der Waals surface area contributed by atoms with E-state index in [2.05, 4.69) is 5.32 Å². The van der Waals surface area contributed by atoms with E-state index in [0.29, 0.717) is 6.54 Å². The first-order valence-electron chi connectivity index (χ1n) is 9.47. The van der Waals surface area contributed by atoms with Crippen molar-refractivity contribution in [3.8, 4) is 0 Å². The van der Waals surface area contributed by atoms with E-state index in [1.807, 2.05) is 52.1 Å². The Morgan fingerprint density at radius 1 is 1.14 bits per heavy atom. The summed E-state index contributed by atoms with van der Waals surface area (Å²) in [7, 11) is 1.67. The van der Waals surface area contributed by atoms with Crippen LogP contribution in [0.25, 0.3) is 0 Å². The van der Waals surface area contributed by atoms with Gasteiger partial charge < -0.3 is 14.8 Å². The summed E-state index contributed by atoms with van der Waals surface area (Å²) in [6.45, 7) is 10.3. The summed E-state index contributed by atoms with van der Waals surface area (Å²) in [4.78, 5) is 41.2. The standard InChI is InChI=1S/C21H29N3O3S/c1-13(2)10-23(6)21(27)17-12-24(14(3)4)11-16(19(17)25)20(26)22-15(5)18-8-7-9-28-18/h7-9,11-15H,10H2,1-6H3,(H,22,26)/t15-/m1/s1. The number of nitrogens with zero attached hydrogens (tertiary/aromatic N) is 2. The summed E-state index contributed by atoms with van der Waals surface area (Å²) in [5.74, 6) is -0.560. The molecule has 2 heterocycles. The van der Waals surface area contributed by atoms with Gasteiger partial charge in [-0.15, -0.1) is 11.3 Å². The number of hydrogen-bond acceptors (Lipinski definition) is 4. The van der Waals surface area contributed by atoms with Crippen LogP contribution >= 0.6 is 11.3 Å². The second kappa shape index (κ2) is 9.19. The van der Waals surface area contributed by atoms with Crippen molar-refractivity contribution in [2.24, 2.45) is 5.92 Å². The molecule has 0 saturated carbocycles. The number of aromatic nitrogens is 1. The van der Waals surface area contributed by atoms with Gasteiger partial charge in [0, 0.05) is 36.9 Å². The molecule has 0 saturated heterocycles. The van der Waals surface area contributed by atoms with E-state index in [-0.39, 0.29) is 35.0 Å². The van der Waals surface area contributed by atoms with Crippen LogP contribution in [0.2, 0.25) is 0 Å². The van der Waals surface area contributed by atoms with Crippen molar-refractivity contribution in [3.63, 3.8) is 0 Å². The summed E-state index contributed by atoms with van der Waals surface area (Å²) in [5.41, 5.74) is -0.525. The lowest BCUT2D eigenvalue weighted by atomic mass is 10.1. The number of hydrogen-bond donors (Lipinski definition) is 1. The summed E-state index contributed by atoms with van der Waals surface area (Å²) in [6, 6.07) is 3.63. The van der Waals surface area contributed by atoms with Crippen LogP contribution in [0.5, 0.6) is 0 Å². The van der Waals surface area contributed by atoms with E-state index in [4.69, 9.17) is 0 Å². The Hall–Kier alpha value is -2.41. The molecule has 152 valence electrons. The van der Waals surface area contributed by atoms with E-state index in [1.165, 1.54) is 22.4 Å². The number of pyridine rings is 1. The third kappa shape index (κ3) is 5.10. The Labute approximate surface area is 170 Å². The van der Waals surface area contributed by atoms with E-state index in [0.717, 1.165) is 4.88 Å². The average Bonchev–Trinajstić information content (AvgIpc) is 3.15. The maximum absolute atomic E-state index is 13.0. The average molecular weight is 404 g/mol. The molecule has 0 fully saturated rings. The second-order valence-electron chi connectivity index (χ2n) is 7.75. The predicted octanol–water partition coefficient (Wildman–Crippen LogP) is 3.71. The molecule has 0 spiro atoms. The van der Waals surface area contributed by atoms with Crippen LogP contribution in [0.4, 0.5) is 0 Å². The summed E-state index contributed by atoms with van der Waals surface area (Å²) in [5, 5.41) is 4.80. The van der Waals surface area contributed by atoms with Crippen molar-refractivity contribution in [1.29, 1.82) is 0 Å². The summed E-state index contributed by atoms with van der Waals surface area (Å²) < 4.78 is 1.74. The van der Waals surface area contributed by atoms with Gasteiger partial charge in [0.1, 0.15) is 11.1 Å². The fraction of sp³-hybridized carbons (Fsp3) is 0.476. The Bertz CT molecular complexity index is 885. The fourth-order valence-electron chi connectivity index (χ4n) is 2.93. The molecule has 2 aromatic heterocycles. The van der Waals surface area contributed by atoms with E-state index >= 15 is 0 Å². The van der Waals surface area contributed by atoms with Crippen molar-refractivity contribution in [1.82, 2.24) is 14.8 Å². The Kier molecular flexibility index (Phi) is 7.18. The van der Waals surface area contributed by atoms with E-state index < -0.39 is 11.3 Å². The highest BCUT2D eigenvalue weighted by Gasteiger charge is 2.23. The van der Waals surface area contributed by atoms with Gasteiger partial charge in [-0.1, -0.05) is 19.9 Å². The number of amides is 2. The molecule has 0 aliphatic heterocycles. The first-order chi connectivity index (χ1) is 13.1. The molecule has 2 amide bonds. The SMILES string of the molecule is CC(C)CN(C)C(=O)c1cn(C(C)C)cc(C(=O)N[C@H](C)c2cccs2)c1=O. The van der Waals surface area contributed by atoms with Crippen LogP contribution in [-0.2, 0) is 0 Å². The van der Waals surface area contributed by atoms with Crippen molar-refractivity contribution in [2.75, 3.05) is 13.6 Å². The van der Waals surface area contributed by atoms with Crippen LogP contribution in [0.3, 0.4) is 0 Å². The minimum absolute atomic E-state index is 0.00354. The lowest BCUT2D eigenvalue weighted by molar-refractivity contribution is 0.0777. The van der Waals surface area contributed by atoms with Gasteiger partial charge in [-0.05, 0) is 38.1 Å². The van der Waals surface area contributed by atoms with Crippen LogP contribution in [0.15, 0.2) is 34.7 Å². The number of thiophene rings is 1. The van der Waals surface area contributed by atoms with Gasteiger partial charge in [0.05, 0.1) is 6.04 Å². The van der Waals surface area contributed by atoms with E-state index in [9.17, 15) is 14.4 Å². The van der Waals surface area contributed by atoms with Gasteiger partial charge in [-0.25, -0.2) is 0 Å². The Morgan fingerprint density at radius 3 is 2.32 bits per heavy atom. The highest BCUT2D eigenvalue weighted by Crippen LogP contribution is 2.18. The number of nitrogens with one attached hydrogen (secondary N) is 1. The third-order valence-electron chi connectivity index (χ3n) is 4.42. The van der Waals surface area contributed by atoms with Crippen LogP contribution < -0.4 is 10.7 Å². The molecule has 1 atom stereocenters. The van der Waals surface area contributed by atoms with Crippen molar-refractivity contribution in [3.05, 3.63) is 56.1 Å². The molecule has 7 heteroatoms. The minimum Gasteiger partial charge on any atom is -0.350 e. The van der Waals surface area contributed by atoms with Gasteiger partial charge >= 0.3 is 0 Å². The maximum atomic E-state index is 13.0. The van der Waals surface area contributed by atoms with Crippen LogP contribution in [-0.4, -0.2) is 34.9 Å². The zero-order valence-corrected chi connectivity index (χ0v) is 18.2. The molecule has 1 N–H and O–H groups in total. The zero-order chi connectivity index (χ0) is 21.0. The Balaban J connectivity index is 2.41. The van der Waals surface area contributed by atoms with Crippen molar-refractivity contribution >= 4 is 23.2 Å². The van der Waals surface area contributed by atoms with Crippen LogP contribution in [0.1, 0.15) is 72.3 Å². The molecular formula is C21H29N3O3S. The van der Waals surface area contributed by atoms with Gasteiger partial charge in [0.2, 0.25) is 5.43 Å². The van der Waals surface area contributed by atoms with Gasteiger partial charge in [0.15, 0.2) is 0 Å². The summed E-state index contributed by atoms with van der Waals surface area (Å²) in [6.07, 6.45) is 3.08. The first-order valence-corrected chi connectivity index (χ1v) is 10.3. The number of rotatable bonds is 7. The molecule has 0 unspecified atom stereocenters. The van der Waals surface area contributed by atoms with Crippen molar-refractivity contribution < 1.29 is 9.59 Å². The smallest absolute Gasteiger partial charge is 0.259 e. The lowest BCUT2D eigenvalue weighted by Gasteiger charge is -2.21. The van der Waals surface area contributed by atoms with E-state index in [1.54, 1.807) is 17.8 Å². The molecule has 0 aliphatic carbocycles. The molecule has 2 aromatic rings. The van der Waals surface area contributed by atoms with Gasteiger partial charge in [0.25, 0.3) is 11.8 Å². The molecule has 6 nitrogen and oxygen atoms in total. The molecule has 0 aromatic carbocycles. The number of carbonyl (C=O) groups excluding carboxylic acids is 2. The van der Waals surface area contributed by atoms with Crippen LogP contribution in [0, 0.1) is 5.92 Å². The molecule has 28 heavy (non-hydrogen) atoms. The molecule has 0 aliphatic rings. The van der Waals surface area contributed by atoms with Gasteiger partial charge in [-0.2, -0.15) is 0 Å². The lowest BCUT2D eigenvalue weighted by Crippen LogP contribution is -2.38. The zero-order valence-electron chi connectivity index (χ0n) is 17.4. The predicted molar refractivity (Wildman–Crippen MR) is 113 cm³/mol. The first kappa shape index (κ1) is 21.9. The monoisotopic (exact) mass is 403 g/mol. The largest absolute Gasteiger partial charge is 0.350 e. The fourth-order valence-corrected chi connectivity index (χ4v) is 3.66. The van der Waals surface area contributed by atoms with Gasteiger partial charge in [-0.3, -0.25) is 14.4 Å². The normalized spacial score (nSPS) is 12.3. The molecular weight excluding hydrogens is 374 g/mol. The molecule has 0 radical (unpaired) electrons. The minimum atomic E-state index is -0.534. The topological polar surface area (TPSA) is 71.4 Å². The highest BCUT2D eigenvalue weighted by atomic mass is 32.1. The number of carbonyl (C=O) groups is 2. The molecule has 2 rings (SSSR count). The third-order valence-corrected chi connectivity index (χ3v) is 5.48. The summed E-state index contributed by atoms with van der Waals surface area (Å²) >= 11 is 1.54.